The monoisotopic (exact) mass is 396 g/mol. The second-order valence-corrected chi connectivity index (χ2v) is 7.98. The second kappa shape index (κ2) is 7.25. The number of nitrogens with one attached hydrogen (secondary N) is 1. The van der Waals surface area contributed by atoms with Crippen molar-refractivity contribution in [3.63, 3.8) is 0 Å². The largest absolute Gasteiger partial charge is 0.302 e. The maximum Gasteiger partial charge on any atom is 0.229 e. The van der Waals surface area contributed by atoms with Gasteiger partial charge in [-0.2, -0.15) is 0 Å². The topological polar surface area (TPSA) is 59.1 Å². The molecule has 1 aromatic heterocycles. The van der Waals surface area contributed by atoms with Crippen LogP contribution < -0.4 is 5.32 Å². The molecule has 0 saturated heterocycles. The van der Waals surface area contributed by atoms with E-state index in [0.29, 0.717) is 20.7 Å². The van der Waals surface area contributed by atoms with Crippen molar-refractivity contribution in [3.8, 4) is 11.3 Å². The minimum absolute atomic E-state index is 0.0628. The molecular weight excluding hydrogens is 380 g/mol. The minimum Gasteiger partial charge on any atom is -0.302 e. The molecule has 0 radical (unpaired) electrons. The lowest BCUT2D eigenvalue weighted by Gasteiger charge is -2.03. The van der Waals surface area contributed by atoms with E-state index in [4.69, 9.17) is 11.6 Å². The molecule has 1 aliphatic carbocycles. The number of benzene rings is 2. The second-order valence-electron chi connectivity index (χ2n) is 6.58. The van der Waals surface area contributed by atoms with Crippen LogP contribution in [-0.4, -0.2) is 16.7 Å². The summed E-state index contributed by atoms with van der Waals surface area (Å²) in [6.45, 7) is 1.51. The fraction of sp³-hybridized carbons (Fsp3) is 0.190. The van der Waals surface area contributed by atoms with Crippen molar-refractivity contribution in [1.82, 2.24) is 4.98 Å². The van der Waals surface area contributed by atoms with E-state index in [1.165, 1.54) is 18.3 Å². The summed E-state index contributed by atoms with van der Waals surface area (Å²) in [5.74, 6) is -0.120. The smallest absolute Gasteiger partial charge is 0.229 e. The van der Waals surface area contributed by atoms with Gasteiger partial charge in [-0.25, -0.2) is 4.98 Å². The highest BCUT2D eigenvalue weighted by Gasteiger charge is 2.45. The van der Waals surface area contributed by atoms with Gasteiger partial charge >= 0.3 is 0 Å². The fourth-order valence-corrected chi connectivity index (χ4v) is 4.37. The highest BCUT2D eigenvalue weighted by atomic mass is 35.5. The third-order valence-electron chi connectivity index (χ3n) is 4.66. The molecule has 1 saturated carbocycles. The van der Waals surface area contributed by atoms with E-state index in [-0.39, 0.29) is 23.5 Å². The molecule has 3 aromatic rings. The van der Waals surface area contributed by atoms with Crippen LogP contribution in [0.4, 0.5) is 5.13 Å². The summed E-state index contributed by atoms with van der Waals surface area (Å²) < 4.78 is 0. The molecule has 2 unspecified atom stereocenters. The van der Waals surface area contributed by atoms with Crippen LogP contribution in [0.15, 0.2) is 54.6 Å². The Balaban J connectivity index is 1.53. The third-order valence-corrected chi connectivity index (χ3v) is 6.07. The van der Waals surface area contributed by atoms with Gasteiger partial charge in [0.05, 0.1) is 10.6 Å². The Morgan fingerprint density at radius 1 is 1.11 bits per heavy atom. The van der Waals surface area contributed by atoms with Crippen LogP contribution >= 0.6 is 22.9 Å². The highest BCUT2D eigenvalue weighted by molar-refractivity contribution is 7.18. The number of rotatable bonds is 5. The molecule has 4 rings (SSSR count). The highest BCUT2D eigenvalue weighted by Crippen LogP contribution is 2.50. The van der Waals surface area contributed by atoms with Gasteiger partial charge in [0.1, 0.15) is 0 Å². The van der Waals surface area contributed by atoms with Gasteiger partial charge in [0.25, 0.3) is 0 Å². The maximum absolute atomic E-state index is 12.6. The Bertz CT molecular complexity index is 1020. The number of hydrogen-bond donors (Lipinski definition) is 1. The molecule has 1 N–H and O–H groups in total. The first-order chi connectivity index (χ1) is 13.0. The molecule has 0 bridgehead atoms. The average molecular weight is 397 g/mol. The zero-order valence-corrected chi connectivity index (χ0v) is 16.2. The SMILES string of the molecule is CC(=O)c1sc(NC(=O)C2CC2c2ccccc2Cl)nc1-c1ccccc1. The molecule has 1 amide bonds. The molecule has 1 heterocycles. The summed E-state index contributed by atoms with van der Waals surface area (Å²) in [6.07, 6.45) is 0.770. The van der Waals surface area contributed by atoms with Crippen LogP contribution in [0.1, 0.15) is 34.5 Å². The third kappa shape index (κ3) is 3.66. The van der Waals surface area contributed by atoms with E-state index in [9.17, 15) is 9.59 Å². The van der Waals surface area contributed by atoms with E-state index in [1.807, 2.05) is 54.6 Å². The molecule has 4 nitrogen and oxygen atoms in total. The molecule has 1 aliphatic rings. The zero-order chi connectivity index (χ0) is 19.0. The van der Waals surface area contributed by atoms with Crippen LogP contribution in [0.3, 0.4) is 0 Å². The average Bonchev–Trinajstić information content (AvgIpc) is 3.35. The molecule has 0 spiro atoms. The molecule has 0 aliphatic heterocycles. The summed E-state index contributed by atoms with van der Waals surface area (Å²) in [4.78, 5) is 29.7. The molecule has 6 heteroatoms. The first kappa shape index (κ1) is 17.9. The number of nitrogens with zero attached hydrogens (tertiary/aromatic N) is 1. The Kier molecular flexibility index (Phi) is 4.81. The number of aromatic nitrogens is 1. The normalized spacial score (nSPS) is 18.1. The van der Waals surface area contributed by atoms with Gasteiger partial charge in [-0.1, -0.05) is 71.5 Å². The summed E-state index contributed by atoms with van der Waals surface area (Å²) >= 11 is 7.45. The van der Waals surface area contributed by atoms with Crippen molar-refractivity contribution in [1.29, 1.82) is 0 Å². The number of carbonyl (C=O) groups excluding carboxylic acids is 2. The van der Waals surface area contributed by atoms with Gasteiger partial charge < -0.3 is 5.32 Å². The van der Waals surface area contributed by atoms with Crippen molar-refractivity contribution in [2.45, 2.75) is 19.3 Å². The van der Waals surface area contributed by atoms with Crippen LogP contribution in [-0.2, 0) is 4.79 Å². The van der Waals surface area contributed by atoms with Gasteiger partial charge in [0, 0.05) is 23.4 Å². The zero-order valence-electron chi connectivity index (χ0n) is 14.6. The molecule has 136 valence electrons. The summed E-state index contributed by atoms with van der Waals surface area (Å²) in [5.41, 5.74) is 2.48. The maximum atomic E-state index is 12.6. The molecule has 27 heavy (non-hydrogen) atoms. The Labute approximate surface area is 166 Å². The van der Waals surface area contributed by atoms with Gasteiger partial charge in [-0.3, -0.25) is 9.59 Å². The summed E-state index contributed by atoms with van der Waals surface area (Å²) in [5, 5.41) is 4.03. The lowest BCUT2D eigenvalue weighted by Crippen LogP contribution is -2.14. The quantitative estimate of drug-likeness (QED) is 0.586. The number of Topliss-reactive ketones (excluding diaryl/α,β-unsaturated/α-hetero) is 1. The van der Waals surface area contributed by atoms with Gasteiger partial charge in [0.2, 0.25) is 5.91 Å². The Morgan fingerprint density at radius 3 is 2.52 bits per heavy atom. The lowest BCUT2D eigenvalue weighted by molar-refractivity contribution is -0.117. The molecule has 2 aromatic carbocycles. The first-order valence-corrected chi connectivity index (χ1v) is 9.86. The Hall–Kier alpha value is -2.50. The van der Waals surface area contributed by atoms with Crippen molar-refractivity contribution >= 4 is 39.8 Å². The van der Waals surface area contributed by atoms with E-state index in [2.05, 4.69) is 10.3 Å². The number of halogens is 1. The van der Waals surface area contributed by atoms with E-state index in [1.54, 1.807) is 0 Å². The number of carbonyl (C=O) groups is 2. The van der Waals surface area contributed by atoms with Gasteiger partial charge in [-0.15, -0.1) is 0 Å². The molecular formula is C21H17ClN2O2S. The van der Waals surface area contributed by atoms with Crippen LogP contribution in [0, 0.1) is 5.92 Å². The van der Waals surface area contributed by atoms with Crippen molar-refractivity contribution in [3.05, 3.63) is 70.1 Å². The Morgan fingerprint density at radius 2 is 1.81 bits per heavy atom. The molecule has 1 fully saturated rings. The van der Waals surface area contributed by atoms with E-state index in [0.717, 1.165) is 17.5 Å². The fourth-order valence-electron chi connectivity index (χ4n) is 3.21. The van der Waals surface area contributed by atoms with Crippen molar-refractivity contribution in [2.75, 3.05) is 5.32 Å². The number of hydrogen-bond acceptors (Lipinski definition) is 4. The van der Waals surface area contributed by atoms with Gasteiger partial charge in [-0.05, 0) is 24.0 Å². The number of thiazole rings is 1. The van der Waals surface area contributed by atoms with Crippen LogP contribution in [0.2, 0.25) is 5.02 Å². The number of ketones is 1. The number of anilines is 1. The van der Waals surface area contributed by atoms with E-state index < -0.39 is 0 Å². The molecule has 2 atom stereocenters. The number of amides is 1. The van der Waals surface area contributed by atoms with Crippen molar-refractivity contribution in [2.24, 2.45) is 5.92 Å². The summed E-state index contributed by atoms with van der Waals surface area (Å²) in [7, 11) is 0. The standard InChI is InChI=1S/C21H17ClN2O2S/c1-12(25)19-18(13-7-3-2-4-8-13)23-21(27-19)24-20(26)16-11-15(16)14-9-5-6-10-17(14)22/h2-10,15-16H,11H2,1H3,(H,23,24,26). The van der Waals surface area contributed by atoms with Gasteiger partial charge in [0.15, 0.2) is 10.9 Å². The lowest BCUT2D eigenvalue weighted by atomic mass is 10.1. The predicted molar refractivity (Wildman–Crippen MR) is 108 cm³/mol. The first-order valence-electron chi connectivity index (χ1n) is 8.67. The summed E-state index contributed by atoms with van der Waals surface area (Å²) in [6, 6.07) is 17.1. The minimum atomic E-state index is -0.116. The van der Waals surface area contributed by atoms with Crippen LogP contribution in [0.5, 0.6) is 0 Å². The predicted octanol–water partition coefficient (Wildman–Crippen LogP) is 5.41. The van der Waals surface area contributed by atoms with Crippen molar-refractivity contribution < 1.29 is 9.59 Å². The van der Waals surface area contributed by atoms with E-state index >= 15 is 0 Å². The van der Waals surface area contributed by atoms with Crippen LogP contribution in [0.25, 0.3) is 11.3 Å².